The number of amides is 2. The van der Waals surface area contributed by atoms with Gasteiger partial charge in [-0.3, -0.25) is 19.4 Å². The first kappa shape index (κ1) is 47.7. The van der Waals surface area contributed by atoms with Crippen LogP contribution in [0.3, 0.4) is 0 Å². The van der Waals surface area contributed by atoms with Crippen LogP contribution >= 0.6 is 39.1 Å². The number of hydrogen-bond donors (Lipinski definition) is 4. The van der Waals surface area contributed by atoms with Crippen LogP contribution in [0.4, 0.5) is 8.78 Å². The number of halogens is 5. The maximum atomic E-state index is 14.1. The van der Waals surface area contributed by atoms with E-state index in [0.29, 0.717) is 29.8 Å². The van der Waals surface area contributed by atoms with Gasteiger partial charge in [-0.05, 0) is 159 Å². The number of fused-ring (bicyclic) bond motifs is 8. The van der Waals surface area contributed by atoms with E-state index < -0.39 is 35.2 Å². The van der Waals surface area contributed by atoms with Gasteiger partial charge < -0.3 is 30.6 Å². The lowest BCUT2D eigenvalue weighted by atomic mass is 9.61. The van der Waals surface area contributed by atoms with Gasteiger partial charge in [0, 0.05) is 50.6 Å². The highest BCUT2D eigenvalue weighted by Gasteiger charge is 2.68. The molecule has 2 amide bonds. The van der Waals surface area contributed by atoms with E-state index >= 15 is 0 Å². The normalized spacial score (nSPS) is 24.6. The van der Waals surface area contributed by atoms with Crippen molar-refractivity contribution in [2.45, 2.75) is 76.3 Å². The van der Waals surface area contributed by atoms with Crippen molar-refractivity contribution in [1.29, 1.82) is 0 Å². The fourth-order valence-corrected chi connectivity index (χ4v) is 12.6. The molecule has 4 atom stereocenters. The summed E-state index contributed by atoms with van der Waals surface area (Å²) in [5, 5.41) is 26.1. The number of nitrogens with two attached hydrogens (primary N) is 2. The fourth-order valence-electron chi connectivity index (χ4n) is 11.8. The van der Waals surface area contributed by atoms with Gasteiger partial charge in [-0.1, -0.05) is 67.6 Å². The van der Waals surface area contributed by atoms with Crippen molar-refractivity contribution in [3.63, 3.8) is 0 Å². The minimum atomic E-state index is -1.68. The van der Waals surface area contributed by atoms with Crippen LogP contribution in [0, 0.1) is 36.3 Å². The minimum Gasteiger partial charge on any atom is -0.423 e. The SMILES string of the molecule is Cc1onc2c1CC1(CC2)Cc2ccc(-c3cc(F)cc(Cl)c3)cc2C12N=C(N)N(C)C2=O.Cc1onc2c1CC1(CC2)Cc2ccc(Br)cc2C12N=C(N)N(C)C2=O.OB(O)c1cc(F)cc(Cl)c1. The van der Waals surface area contributed by atoms with Crippen molar-refractivity contribution in [1.82, 2.24) is 20.1 Å². The predicted octanol–water partition coefficient (Wildman–Crippen LogP) is 6.77. The number of carbonyl (C=O) groups is 2. The van der Waals surface area contributed by atoms with Crippen molar-refractivity contribution >= 4 is 75.4 Å². The Balaban J connectivity index is 0.000000136. The van der Waals surface area contributed by atoms with Crippen LogP contribution in [-0.2, 0) is 59.2 Å². The molecule has 0 saturated heterocycles. The van der Waals surface area contributed by atoms with Gasteiger partial charge in [0.2, 0.25) is 0 Å². The van der Waals surface area contributed by atoms with Crippen LogP contribution in [0.2, 0.25) is 10.0 Å². The molecule has 4 aliphatic carbocycles. The molecule has 70 heavy (non-hydrogen) atoms. The van der Waals surface area contributed by atoms with Crippen LogP contribution in [0.5, 0.6) is 0 Å². The molecule has 0 fully saturated rings. The zero-order valence-electron chi connectivity index (χ0n) is 38.4. The number of carbonyl (C=O) groups excluding carboxylic acids is 2. The standard InChI is InChI=1S/C25H22ClFN4O2.C19H19BrN4O2.C6H5BClFO2/c1-13-19-12-24(6-5-21(19)30-33-13)11-15-4-3-14(16-7-17(26)10-18(27)8-16)9-20(15)25(24)22(32)31(2)23(28)29-25;1-10-13-9-18(6-5-15(13)23-26-10)8-11-3-4-12(20)7-14(11)19(18)16(25)24(2)17(21)22-19;8-5-1-4(7(10)11)2-6(9)3-5/h3-4,7-10H,5-6,11-12H2,1-2H3,(H2,28,29);3-4,7H,5-6,8-9H2,1-2H3,(H2,21,22);1-3,10-11H. The van der Waals surface area contributed by atoms with Gasteiger partial charge in [0.15, 0.2) is 23.0 Å². The Morgan fingerprint density at radius 1 is 0.671 bits per heavy atom. The van der Waals surface area contributed by atoms with E-state index in [0.717, 1.165) is 105 Å². The summed E-state index contributed by atoms with van der Waals surface area (Å²) in [6.45, 7) is 3.85. The van der Waals surface area contributed by atoms with Crippen LogP contribution in [0.25, 0.3) is 11.1 Å². The number of aryl methyl sites for hydroxylation is 4. The second-order valence-corrected chi connectivity index (χ2v) is 20.9. The number of hydrogen-bond acceptors (Lipinski definition) is 12. The smallest absolute Gasteiger partial charge is 0.423 e. The monoisotopic (exact) mass is 1050 g/mol. The second kappa shape index (κ2) is 17.1. The van der Waals surface area contributed by atoms with Gasteiger partial charge in [0.1, 0.15) is 23.2 Å². The maximum Gasteiger partial charge on any atom is 0.488 e. The Kier molecular flexibility index (Phi) is 11.7. The van der Waals surface area contributed by atoms with Crippen LogP contribution < -0.4 is 16.9 Å². The van der Waals surface area contributed by atoms with Crippen LogP contribution in [-0.4, -0.2) is 75.1 Å². The van der Waals surface area contributed by atoms with E-state index in [1.54, 1.807) is 20.2 Å². The first-order valence-corrected chi connectivity index (χ1v) is 24.1. The molecule has 6 N–H and O–H groups in total. The Morgan fingerprint density at radius 2 is 1.16 bits per heavy atom. The minimum absolute atomic E-state index is 0.0376. The molecule has 0 bridgehead atoms. The van der Waals surface area contributed by atoms with Crippen molar-refractivity contribution in [3.8, 4) is 11.1 Å². The Labute approximate surface area is 420 Å². The summed E-state index contributed by atoms with van der Waals surface area (Å²) in [6.07, 6.45) is 5.90. The number of guanidine groups is 2. The van der Waals surface area contributed by atoms with Crippen molar-refractivity contribution in [2.75, 3.05) is 14.1 Å². The quantitative estimate of drug-likeness (QED) is 0.134. The molecule has 360 valence electrons. The number of likely N-dealkylation sites (N-methyl/N-ethyl adjacent to an activating group) is 2. The first-order chi connectivity index (χ1) is 33.2. The topological polar surface area (TPSA) is 210 Å². The number of aromatic nitrogens is 2. The van der Waals surface area contributed by atoms with E-state index in [2.05, 4.69) is 32.3 Å². The van der Waals surface area contributed by atoms with Gasteiger partial charge in [-0.25, -0.2) is 18.8 Å². The lowest BCUT2D eigenvalue weighted by Crippen LogP contribution is -2.51. The molecule has 4 spiro atoms. The third kappa shape index (κ3) is 7.30. The van der Waals surface area contributed by atoms with Gasteiger partial charge in [0.25, 0.3) is 11.8 Å². The molecule has 6 aliphatic rings. The lowest BCUT2D eigenvalue weighted by Gasteiger charge is -2.43. The molecule has 12 rings (SSSR count). The number of aliphatic imine (C=N–C) groups is 2. The average molecular weight is 1050 g/mol. The van der Waals surface area contributed by atoms with Gasteiger partial charge in [-0.2, -0.15) is 0 Å². The summed E-state index contributed by atoms with van der Waals surface area (Å²) in [5.41, 5.74) is 19.1. The van der Waals surface area contributed by atoms with Gasteiger partial charge >= 0.3 is 7.12 Å². The van der Waals surface area contributed by atoms with Gasteiger partial charge in [0.05, 0.1) is 11.4 Å². The van der Waals surface area contributed by atoms with E-state index in [-0.39, 0.29) is 39.6 Å². The van der Waals surface area contributed by atoms with Crippen LogP contribution in [0.15, 0.2) is 96.3 Å². The lowest BCUT2D eigenvalue weighted by molar-refractivity contribution is -0.136. The van der Waals surface area contributed by atoms with E-state index in [1.807, 2.05) is 44.2 Å². The number of rotatable bonds is 2. The molecule has 4 heterocycles. The summed E-state index contributed by atoms with van der Waals surface area (Å²) < 4.78 is 38.4. The molecule has 4 unspecified atom stereocenters. The zero-order chi connectivity index (χ0) is 49.8. The van der Waals surface area contributed by atoms with E-state index in [4.69, 9.17) is 63.7 Å². The highest BCUT2D eigenvalue weighted by atomic mass is 79.9. The van der Waals surface area contributed by atoms with Gasteiger partial charge in [-0.15, -0.1) is 0 Å². The van der Waals surface area contributed by atoms with E-state index in [9.17, 15) is 18.4 Å². The molecule has 2 aromatic heterocycles. The molecule has 0 radical (unpaired) electrons. The second-order valence-electron chi connectivity index (χ2n) is 19.1. The number of benzene rings is 4. The van der Waals surface area contributed by atoms with E-state index in [1.165, 1.54) is 33.6 Å². The molecule has 4 aromatic carbocycles. The first-order valence-electron chi connectivity index (χ1n) is 22.6. The summed E-state index contributed by atoms with van der Waals surface area (Å²) in [4.78, 5) is 40.0. The van der Waals surface area contributed by atoms with Crippen molar-refractivity contribution in [3.05, 3.63) is 155 Å². The molecule has 2 aliphatic heterocycles. The molecule has 6 aromatic rings. The largest absolute Gasteiger partial charge is 0.488 e. The van der Waals surface area contributed by atoms with Crippen LogP contribution in [0.1, 0.15) is 69.1 Å². The Hall–Kier alpha value is -5.92. The highest BCUT2D eigenvalue weighted by Crippen LogP contribution is 2.63. The van der Waals surface area contributed by atoms with Crippen molar-refractivity contribution < 1.29 is 37.5 Å². The average Bonchev–Trinajstić information content (AvgIpc) is 4.11. The Bertz CT molecular complexity index is 3220. The van der Waals surface area contributed by atoms with Crippen molar-refractivity contribution in [2.24, 2.45) is 32.3 Å². The summed E-state index contributed by atoms with van der Waals surface area (Å²) in [7, 11) is 1.69. The summed E-state index contributed by atoms with van der Waals surface area (Å²) in [6, 6.07) is 19.9. The molecule has 0 saturated carbocycles. The summed E-state index contributed by atoms with van der Waals surface area (Å²) >= 11 is 15.1. The third-order valence-corrected chi connectivity index (χ3v) is 16.2. The zero-order valence-corrected chi connectivity index (χ0v) is 41.5. The maximum absolute atomic E-state index is 14.1. The number of nitrogens with zero attached hydrogens (tertiary/aromatic N) is 6. The molecular formula is C50H46BBrCl2F2N8O6. The Morgan fingerprint density at radius 3 is 1.63 bits per heavy atom. The molecule has 14 nitrogen and oxygen atoms in total. The predicted molar refractivity (Wildman–Crippen MR) is 263 cm³/mol. The fraction of sp³-hybridized carbons (Fsp3) is 0.320. The third-order valence-electron chi connectivity index (χ3n) is 15.3. The molecular weight excluding hydrogens is 1010 g/mol. The highest BCUT2D eigenvalue weighted by molar-refractivity contribution is 9.10. The summed E-state index contributed by atoms with van der Waals surface area (Å²) in [5.74, 6) is 0.944. The molecule has 20 heteroatoms.